The lowest BCUT2D eigenvalue weighted by Gasteiger charge is -2.10. The molecule has 2 N–H and O–H groups in total. The lowest BCUT2D eigenvalue weighted by atomic mass is 10.2. The third-order valence-corrected chi connectivity index (χ3v) is 3.30. The number of nitrogens with one attached hydrogen (secondary N) is 2. The van der Waals surface area contributed by atoms with E-state index < -0.39 is 11.7 Å². The molecule has 0 bridgehead atoms. The predicted octanol–water partition coefficient (Wildman–Crippen LogP) is 3.92. The molecule has 0 atom stereocenters. The fraction of sp³-hybridized carbons (Fsp3) is 0.238. The van der Waals surface area contributed by atoms with Crippen LogP contribution in [0.4, 0.5) is 4.39 Å². The topological polar surface area (TPSA) is 76.7 Å². The maximum atomic E-state index is 13.0. The van der Waals surface area contributed by atoms with Crippen LogP contribution in [0, 0.1) is 0 Å². The Morgan fingerprint density at radius 2 is 1.90 bits per heavy atom. The minimum atomic E-state index is -0.734. The van der Waals surface area contributed by atoms with Crippen LogP contribution < -0.4 is 10.6 Å². The lowest BCUT2D eigenvalue weighted by Crippen LogP contribution is -2.28. The quantitative estimate of drug-likeness (QED) is 0.327. The Hall–Kier alpha value is -3.06. The van der Waals surface area contributed by atoms with Crippen molar-refractivity contribution in [2.75, 3.05) is 20.3 Å². The lowest BCUT2D eigenvalue weighted by molar-refractivity contribution is -0.124. The molecule has 29 heavy (non-hydrogen) atoms. The van der Waals surface area contributed by atoms with E-state index in [0.29, 0.717) is 12.2 Å². The van der Waals surface area contributed by atoms with Crippen LogP contribution in [-0.2, 0) is 19.1 Å². The monoisotopic (exact) mass is 424 g/mol. The number of halogens is 2. The minimum absolute atomic E-state index is 0.0477. The number of allylic oxidation sites excluding steroid dienone is 6. The number of methoxy groups -OCH3 is 1. The Labute approximate surface area is 175 Å². The molecule has 0 aliphatic rings. The molecule has 0 saturated carbocycles. The van der Waals surface area contributed by atoms with Gasteiger partial charge in [-0.3, -0.25) is 9.59 Å². The Morgan fingerprint density at radius 3 is 2.52 bits per heavy atom. The second-order valence-corrected chi connectivity index (χ2v) is 5.76. The van der Waals surface area contributed by atoms with Crippen molar-refractivity contribution in [1.29, 1.82) is 0 Å². The van der Waals surface area contributed by atoms with Gasteiger partial charge in [0.1, 0.15) is 11.6 Å². The molecule has 0 aromatic carbocycles. The van der Waals surface area contributed by atoms with Gasteiger partial charge in [0, 0.05) is 30.3 Å². The van der Waals surface area contributed by atoms with E-state index in [1.165, 1.54) is 12.3 Å². The van der Waals surface area contributed by atoms with Crippen LogP contribution in [-0.4, -0.2) is 32.1 Å². The van der Waals surface area contributed by atoms with Gasteiger partial charge < -0.3 is 20.1 Å². The zero-order valence-electron chi connectivity index (χ0n) is 16.4. The van der Waals surface area contributed by atoms with Gasteiger partial charge in [0.25, 0.3) is 5.91 Å². The molecule has 0 aliphatic heterocycles. The number of carbonyl (C=O) groups excluding carboxylic acids is 2. The molecular formula is C21H26ClFN2O4. The number of hydrogen-bond acceptors (Lipinski definition) is 4. The first kappa shape index (κ1) is 25.9. The summed E-state index contributed by atoms with van der Waals surface area (Å²) in [6.45, 7) is 10.9. The molecule has 0 unspecified atom stereocenters. The average molecular weight is 425 g/mol. The summed E-state index contributed by atoms with van der Waals surface area (Å²) in [6, 6.07) is 0. The Bertz CT molecular complexity index is 724. The highest BCUT2D eigenvalue weighted by atomic mass is 35.5. The molecule has 0 radical (unpaired) electrons. The van der Waals surface area contributed by atoms with Gasteiger partial charge in [-0.15, -0.1) is 0 Å². The second kappa shape index (κ2) is 15.9. The van der Waals surface area contributed by atoms with Crippen molar-refractivity contribution in [1.82, 2.24) is 10.6 Å². The summed E-state index contributed by atoms with van der Waals surface area (Å²) in [4.78, 5) is 23.6. The van der Waals surface area contributed by atoms with E-state index in [0.717, 1.165) is 17.2 Å². The normalized spacial score (nSPS) is 12.0. The first-order chi connectivity index (χ1) is 13.8. The molecule has 6 nitrogen and oxygen atoms in total. The van der Waals surface area contributed by atoms with Crippen LogP contribution in [0.25, 0.3) is 0 Å². The third-order valence-electron chi connectivity index (χ3n) is 3.10. The Balaban J connectivity index is 4.17. The van der Waals surface area contributed by atoms with Gasteiger partial charge in [-0.25, -0.2) is 4.39 Å². The molecular weight excluding hydrogens is 399 g/mol. The number of rotatable bonds is 14. The molecule has 0 aliphatic carbocycles. The van der Waals surface area contributed by atoms with Crippen molar-refractivity contribution in [2.45, 2.75) is 12.8 Å². The molecule has 0 aromatic heterocycles. The first-order valence-electron chi connectivity index (χ1n) is 8.53. The highest BCUT2D eigenvalue weighted by Crippen LogP contribution is 2.08. The zero-order chi connectivity index (χ0) is 22.1. The van der Waals surface area contributed by atoms with E-state index in [-0.39, 0.29) is 31.1 Å². The SMILES string of the molecule is C=C/C(=C\C(F)=C\Cl)OCC(=O)NC(=C)CCC(=O)NCC(=C)/C=C\C=C\OC. The van der Waals surface area contributed by atoms with Gasteiger partial charge >= 0.3 is 0 Å². The second-order valence-electron chi connectivity index (χ2n) is 5.54. The van der Waals surface area contributed by atoms with E-state index in [2.05, 4.69) is 30.4 Å². The molecule has 0 fully saturated rings. The van der Waals surface area contributed by atoms with Gasteiger partial charge in [-0.2, -0.15) is 0 Å². The summed E-state index contributed by atoms with van der Waals surface area (Å²) in [7, 11) is 1.54. The predicted molar refractivity (Wildman–Crippen MR) is 113 cm³/mol. The van der Waals surface area contributed by atoms with Crippen LogP contribution in [0.1, 0.15) is 12.8 Å². The van der Waals surface area contributed by atoms with Crippen molar-refractivity contribution < 1.29 is 23.5 Å². The fourth-order valence-electron chi connectivity index (χ4n) is 1.71. The van der Waals surface area contributed by atoms with E-state index in [4.69, 9.17) is 21.1 Å². The van der Waals surface area contributed by atoms with Crippen molar-refractivity contribution in [2.24, 2.45) is 0 Å². The van der Waals surface area contributed by atoms with E-state index in [9.17, 15) is 14.0 Å². The molecule has 0 aromatic rings. The molecule has 0 heterocycles. The van der Waals surface area contributed by atoms with E-state index in [1.807, 2.05) is 0 Å². The zero-order valence-corrected chi connectivity index (χ0v) is 17.1. The Morgan fingerprint density at radius 1 is 1.17 bits per heavy atom. The fourth-order valence-corrected chi connectivity index (χ4v) is 1.77. The number of amides is 2. The van der Waals surface area contributed by atoms with Crippen LogP contribution >= 0.6 is 11.6 Å². The van der Waals surface area contributed by atoms with Crippen molar-refractivity contribution in [3.05, 3.63) is 84.8 Å². The van der Waals surface area contributed by atoms with Crippen LogP contribution in [0.15, 0.2) is 84.8 Å². The molecule has 8 heteroatoms. The summed E-state index contributed by atoms with van der Waals surface area (Å²) in [5.74, 6) is -1.39. The molecule has 0 spiro atoms. The van der Waals surface area contributed by atoms with Crippen LogP contribution in [0.2, 0.25) is 0 Å². The van der Waals surface area contributed by atoms with E-state index >= 15 is 0 Å². The molecule has 0 saturated heterocycles. The maximum Gasteiger partial charge on any atom is 0.262 e. The van der Waals surface area contributed by atoms with Gasteiger partial charge in [0.2, 0.25) is 5.91 Å². The van der Waals surface area contributed by atoms with Crippen molar-refractivity contribution >= 4 is 23.4 Å². The standard InChI is InChI=1S/C21H26ClFN2O4/c1-5-19(12-18(23)13-22)29-15-21(27)25-17(3)9-10-20(26)24-14-16(2)8-6-7-11-28-4/h5-8,11-13H,1-3,9-10,14-15H2,4H3,(H,24,26)(H,25,27)/b8-6-,11-7+,18-13-,19-12+. The molecule has 158 valence electrons. The third kappa shape index (κ3) is 14.6. The van der Waals surface area contributed by atoms with Gasteiger partial charge in [0.05, 0.1) is 13.4 Å². The largest absolute Gasteiger partial charge is 0.504 e. The summed E-state index contributed by atoms with van der Waals surface area (Å²) >= 11 is 5.21. The van der Waals surface area contributed by atoms with Crippen LogP contribution in [0.3, 0.4) is 0 Å². The van der Waals surface area contributed by atoms with Crippen molar-refractivity contribution in [3.63, 3.8) is 0 Å². The van der Waals surface area contributed by atoms with Crippen LogP contribution in [0.5, 0.6) is 0 Å². The molecule has 0 rings (SSSR count). The smallest absolute Gasteiger partial charge is 0.262 e. The average Bonchev–Trinajstić information content (AvgIpc) is 2.70. The maximum absolute atomic E-state index is 13.0. The van der Waals surface area contributed by atoms with Gasteiger partial charge in [-0.05, 0) is 24.1 Å². The number of ether oxygens (including phenoxy) is 2. The highest BCUT2D eigenvalue weighted by Gasteiger charge is 2.08. The summed E-state index contributed by atoms with van der Waals surface area (Å²) in [6.07, 6.45) is 9.32. The number of hydrogen-bond donors (Lipinski definition) is 2. The minimum Gasteiger partial charge on any atom is -0.504 e. The number of carbonyl (C=O) groups is 2. The first-order valence-corrected chi connectivity index (χ1v) is 8.97. The Kier molecular flexibility index (Phi) is 14.3. The highest BCUT2D eigenvalue weighted by molar-refractivity contribution is 6.25. The summed E-state index contributed by atoms with van der Waals surface area (Å²) in [5.41, 5.74) is 1.80. The summed E-state index contributed by atoms with van der Waals surface area (Å²) < 4.78 is 22.9. The molecule has 2 amide bonds. The summed E-state index contributed by atoms with van der Waals surface area (Å²) in [5, 5.41) is 5.21. The van der Waals surface area contributed by atoms with Gasteiger partial charge in [-0.1, -0.05) is 43.5 Å². The van der Waals surface area contributed by atoms with Gasteiger partial charge in [0.15, 0.2) is 6.61 Å². The van der Waals surface area contributed by atoms with E-state index in [1.54, 1.807) is 25.3 Å². The van der Waals surface area contributed by atoms with Crippen molar-refractivity contribution in [3.8, 4) is 0 Å².